The fraction of sp³-hybridized carbons (Fsp3) is 0.625. The largest absolute Gasteiger partial charge is 0.358 e. The lowest BCUT2D eigenvalue weighted by Crippen LogP contribution is -2.41. The number of hydrogen-bond donors (Lipinski definition) is 2. The Labute approximate surface area is 190 Å². The zero-order chi connectivity index (χ0) is 22.5. The molecule has 0 unspecified atom stereocenters. The average Bonchev–Trinajstić information content (AvgIpc) is 3.12. The molecule has 8 heteroatoms. The molecule has 32 heavy (non-hydrogen) atoms. The molecule has 8 nitrogen and oxygen atoms in total. The highest BCUT2D eigenvalue weighted by atomic mass is 16.1. The van der Waals surface area contributed by atoms with Crippen LogP contribution in [-0.2, 0) is 9.59 Å². The summed E-state index contributed by atoms with van der Waals surface area (Å²) >= 11 is 0. The van der Waals surface area contributed by atoms with Crippen molar-refractivity contribution in [2.24, 2.45) is 5.92 Å². The monoisotopic (exact) mass is 440 g/mol. The maximum Gasteiger partial charge on any atom is 0.226 e. The Balaban J connectivity index is 1.35. The second kappa shape index (κ2) is 10.4. The molecule has 0 radical (unpaired) electrons. The van der Waals surface area contributed by atoms with Crippen molar-refractivity contribution in [3.63, 3.8) is 0 Å². The summed E-state index contributed by atoms with van der Waals surface area (Å²) in [5.74, 6) is 0.719. The van der Waals surface area contributed by atoms with Gasteiger partial charge in [-0.2, -0.15) is 0 Å². The van der Waals surface area contributed by atoms with Crippen molar-refractivity contribution in [2.75, 3.05) is 51.6 Å². The topological polar surface area (TPSA) is 82.5 Å². The Kier molecular flexibility index (Phi) is 7.42. The van der Waals surface area contributed by atoms with Crippen molar-refractivity contribution >= 4 is 29.0 Å². The third-order valence-electron chi connectivity index (χ3n) is 7.04. The minimum Gasteiger partial charge on any atom is -0.358 e. The van der Waals surface area contributed by atoms with E-state index >= 15 is 0 Å². The molecule has 0 aliphatic carbocycles. The molecule has 2 saturated heterocycles. The fourth-order valence-electron chi connectivity index (χ4n) is 5.10. The molecule has 2 aliphatic heterocycles. The SMILES string of the molecule is Cc1cn(C2CCN(CC3CCN(C)CC3)CC2)c2ncc(NC(=O)CCNC=O)cc12. The van der Waals surface area contributed by atoms with Crippen molar-refractivity contribution in [1.29, 1.82) is 0 Å². The number of amides is 2. The minimum absolute atomic E-state index is 0.130. The van der Waals surface area contributed by atoms with Crippen LogP contribution in [0, 0.1) is 12.8 Å². The van der Waals surface area contributed by atoms with Gasteiger partial charge < -0.3 is 25.0 Å². The van der Waals surface area contributed by atoms with Gasteiger partial charge in [-0.15, -0.1) is 0 Å². The summed E-state index contributed by atoms with van der Waals surface area (Å²) in [4.78, 5) is 32.2. The maximum atomic E-state index is 12.0. The second-order valence-corrected chi connectivity index (χ2v) is 9.46. The van der Waals surface area contributed by atoms with Gasteiger partial charge in [0.2, 0.25) is 12.3 Å². The Hall–Kier alpha value is -2.45. The highest BCUT2D eigenvalue weighted by molar-refractivity contribution is 5.93. The van der Waals surface area contributed by atoms with Crippen LogP contribution < -0.4 is 10.6 Å². The van der Waals surface area contributed by atoms with E-state index in [0.717, 1.165) is 42.9 Å². The zero-order valence-electron chi connectivity index (χ0n) is 19.3. The number of carbonyl (C=O) groups excluding carboxylic acids is 2. The lowest BCUT2D eigenvalue weighted by atomic mass is 9.95. The number of rotatable bonds is 8. The van der Waals surface area contributed by atoms with Crippen molar-refractivity contribution in [3.05, 3.63) is 24.0 Å². The van der Waals surface area contributed by atoms with Crippen LogP contribution in [0.2, 0.25) is 0 Å². The average molecular weight is 441 g/mol. The summed E-state index contributed by atoms with van der Waals surface area (Å²) < 4.78 is 2.34. The van der Waals surface area contributed by atoms with Gasteiger partial charge >= 0.3 is 0 Å². The Morgan fingerprint density at radius 3 is 2.66 bits per heavy atom. The van der Waals surface area contributed by atoms with E-state index in [0.29, 0.717) is 24.7 Å². The number of aromatic nitrogens is 2. The molecule has 0 atom stereocenters. The molecule has 2 aromatic rings. The van der Waals surface area contributed by atoms with E-state index in [2.05, 4.69) is 45.2 Å². The number of pyridine rings is 1. The van der Waals surface area contributed by atoms with Crippen LogP contribution in [0.25, 0.3) is 11.0 Å². The minimum atomic E-state index is -0.130. The zero-order valence-corrected chi connectivity index (χ0v) is 19.3. The molecule has 2 aliphatic rings. The van der Waals surface area contributed by atoms with E-state index < -0.39 is 0 Å². The Morgan fingerprint density at radius 2 is 1.94 bits per heavy atom. The summed E-state index contributed by atoms with van der Waals surface area (Å²) in [6.45, 7) is 8.46. The maximum absolute atomic E-state index is 12.0. The van der Waals surface area contributed by atoms with Gasteiger partial charge in [-0.25, -0.2) is 4.98 Å². The quantitative estimate of drug-likeness (QED) is 0.487. The van der Waals surface area contributed by atoms with Crippen LogP contribution in [0.3, 0.4) is 0 Å². The standard InChI is InChI=1S/C24H36N6O2/c1-18-15-30(21-6-11-29(12-7-21)16-19-4-9-28(2)10-5-19)24-22(18)13-20(14-26-24)27-23(32)3-8-25-17-31/h13-15,17,19,21H,3-12,16H2,1-2H3,(H,25,31)(H,27,32). The van der Waals surface area contributed by atoms with Gasteiger partial charge in [0.15, 0.2) is 0 Å². The van der Waals surface area contributed by atoms with Gasteiger partial charge in [0.1, 0.15) is 5.65 Å². The van der Waals surface area contributed by atoms with Gasteiger partial charge in [-0.3, -0.25) is 9.59 Å². The predicted molar refractivity (Wildman–Crippen MR) is 127 cm³/mol. The first kappa shape index (κ1) is 22.7. The van der Waals surface area contributed by atoms with Crippen LogP contribution in [-0.4, -0.2) is 78.0 Å². The third kappa shape index (κ3) is 5.48. The van der Waals surface area contributed by atoms with Gasteiger partial charge in [-0.1, -0.05) is 0 Å². The molecule has 2 fully saturated rings. The Bertz CT molecular complexity index is 926. The lowest BCUT2D eigenvalue weighted by molar-refractivity contribution is -0.116. The number of fused-ring (bicyclic) bond motifs is 1. The molecule has 2 amide bonds. The molecule has 0 bridgehead atoms. The van der Waals surface area contributed by atoms with Crippen LogP contribution in [0.5, 0.6) is 0 Å². The van der Waals surface area contributed by atoms with E-state index in [1.807, 2.05) is 6.07 Å². The molecule has 4 rings (SSSR count). The number of nitrogens with one attached hydrogen (secondary N) is 2. The van der Waals surface area contributed by atoms with Crippen LogP contribution in [0.15, 0.2) is 18.5 Å². The van der Waals surface area contributed by atoms with E-state index in [1.165, 1.54) is 38.0 Å². The molecule has 2 aromatic heterocycles. The third-order valence-corrected chi connectivity index (χ3v) is 7.04. The van der Waals surface area contributed by atoms with Gasteiger partial charge in [0.05, 0.1) is 11.9 Å². The van der Waals surface area contributed by atoms with E-state index in [9.17, 15) is 9.59 Å². The smallest absolute Gasteiger partial charge is 0.226 e. The van der Waals surface area contributed by atoms with Crippen molar-refractivity contribution < 1.29 is 9.59 Å². The molecule has 4 heterocycles. The summed E-state index contributed by atoms with van der Waals surface area (Å²) in [6.07, 6.45) is 9.76. The first-order chi connectivity index (χ1) is 15.5. The van der Waals surface area contributed by atoms with Crippen LogP contribution in [0.4, 0.5) is 5.69 Å². The first-order valence-electron chi connectivity index (χ1n) is 11.9. The molecule has 0 spiro atoms. The number of anilines is 1. The fourth-order valence-corrected chi connectivity index (χ4v) is 5.10. The van der Waals surface area contributed by atoms with Crippen molar-refractivity contribution in [1.82, 2.24) is 24.7 Å². The van der Waals surface area contributed by atoms with Gasteiger partial charge in [0, 0.05) is 50.2 Å². The van der Waals surface area contributed by atoms with E-state index in [1.54, 1.807) is 6.20 Å². The summed E-state index contributed by atoms with van der Waals surface area (Å²) in [5.41, 5.74) is 2.87. The highest BCUT2D eigenvalue weighted by Gasteiger charge is 2.25. The molecule has 0 saturated carbocycles. The van der Waals surface area contributed by atoms with E-state index in [-0.39, 0.29) is 12.3 Å². The number of likely N-dealkylation sites (tertiary alicyclic amines) is 2. The molecular weight excluding hydrogens is 404 g/mol. The summed E-state index contributed by atoms with van der Waals surface area (Å²) in [5, 5.41) is 6.47. The number of aryl methyl sites for hydroxylation is 1. The summed E-state index contributed by atoms with van der Waals surface area (Å²) in [6, 6.07) is 2.48. The lowest BCUT2D eigenvalue weighted by Gasteiger charge is -2.37. The van der Waals surface area contributed by atoms with Crippen molar-refractivity contribution in [3.8, 4) is 0 Å². The molecule has 2 N–H and O–H groups in total. The number of nitrogens with zero attached hydrogens (tertiary/aromatic N) is 4. The van der Waals surface area contributed by atoms with Gasteiger partial charge in [0.25, 0.3) is 0 Å². The molecular formula is C24H36N6O2. The number of carbonyl (C=O) groups is 2. The number of piperidine rings is 2. The first-order valence-corrected chi connectivity index (χ1v) is 11.9. The normalized spacial score (nSPS) is 19.3. The highest BCUT2D eigenvalue weighted by Crippen LogP contribution is 2.31. The van der Waals surface area contributed by atoms with Crippen LogP contribution in [0.1, 0.15) is 43.7 Å². The molecule has 174 valence electrons. The summed E-state index contributed by atoms with van der Waals surface area (Å²) in [7, 11) is 2.23. The molecule has 0 aromatic carbocycles. The van der Waals surface area contributed by atoms with Crippen molar-refractivity contribution in [2.45, 2.75) is 45.1 Å². The van der Waals surface area contributed by atoms with E-state index in [4.69, 9.17) is 4.98 Å². The predicted octanol–water partition coefficient (Wildman–Crippen LogP) is 2.40. The Morgan fingerprint density at radius 1 is 1.19 bits per heavy atom. The second-order valence-electron chi connectivity index (χ2n) is 9.46. The number of hydrogen-bond acceptors (Lipinski definition) is 5. The van der Waals surface area contributed by atoms with Crippen LogP contribution >= 0.6 is 0 Å². The van der Waals surface area contributed by atoms with Gasteiger partial charge in [-0.05, 0) is 70.3 Å².